The fourth-order valence-electron chi connectivity index (χ4n) is 3.55. The highest BCUT2D eigenvalue weighted by atomic mass is 16.2. The van der Waals surface area contributed by atoms with Crippen LogP contribution in [0.5, 0.6) is 0 Å². The molecule has 0 saturated heterocycles. The Balaban J connectivity index is 1.83. The van der Waals surface area contributed by atoms with Crippen LogP contribution >= 0.6 is 0 Å². The summed E-state index contributed by atoms with van der Waals surface area (Å²) in [6, 6.07) is 10.0. The Morgan fingerprint density at radius 3 is 2.12 bits per heavy atom. The number of hydrogen-bond donors (Lipinski definition) is 1. The van der Waals surface area contributed by atoms with E-state index < -0.39 is 0 Å². The number of carbonyl (C=O) groups excluding carboxylic acids is 2. The second kappa shape index (κ2) is 8.86. The van der Waals surface area contributed by atoms with Crippen LogP contribution in [0.3, 0.4) is 0 Å². The van der Waals surface area contributed by atoms with Crippen molar-refractivity contribution in [2.45, 2.75) is 52.5 Å². The van der Waals surface area contributed by atoms with E-state index in [1.807, 2.05) is 56.0 Å². The normalized spacial score (nSPS) is 21.8. The third kappa shape index (κ3) is 4.59. The molecule has 2 rings (SSSR count). The Bertz CT molecular complexity index is 532. The summed E-state index contributed by atoms with van der Waals surface area (Å²) in [5, 5.41) is 3.12. The average Bonchev–Trinajstić information content (AvgIpc) is 2.63. The Morgan fingerprint density at radius 1 is 1.04 bits per heavy atom. The highest BCUT2D eigenvalue weighted by molar-refractivity contribution is 5.81. The molecule has 1 atom stereocenters. The van der Waals surface area contributed by atoms with Gasteiger partial charge in [-0.05, 0) is 52.0 Å². The van der Waals surface area contributed by atoms with Crippen LogP contribution in [-0.2, 0) is 9.59 Å². The fourth-order valence-corrected chi connectivity index (χ4v) is 3.55. The van der Waals surface area contributed by atoms with Crippen LogP contribution in [0.15, 0.2) is 30.3 Å². The number of amides is 2. The molecule has 4 nitrogen and oxygen atoms in total. The molecule has 4 heteroatoms. The van der Waals surface area contributed by atoms with Gasteiger partial charge in [0.15, 0.2) is 0 Å². The first kappa shape index (κ1) is 18.5. The van der Waals surface area contributed by atoms with E-state index >= 15 is 0 Å². The molecular formula is C20H30N2O2. The highest BCUT2D eigenvalue weighted by Gasteiger charge is 2.31. The predicted octanol–water partition coefficient (Wildman–Crippen LogP) is 3.54. The third-order valence-electron chi connectivity index (χ3n) is 5.18. The van der Waals surface area contributed by atoms with E-state index in [1.165, 1.54) is 0 Å². The summed E-state index contributed by atoms with van der Waals surface area (Å²) in [5.74, 6) is 0.522. The van der Waals surface area contributed by atoms with Crippen molar-refractivity contribution in [3.05, 3.63) is 35.9 Å². The Kier molecular flexibility index (Phi) is 6.83. The van der Waals surface area contributed by atoms with Crippen LogP contribution in [0.25, 0.3) is 0 Å². The van der Waals surface area contributed by atoms with Crippen molar-refractivity contribution in [3.8, 4) is 0 Å². The van der Waals surface area contributed by atoms with Gasteiger partial charge in [-0.15, -0.1) is 0 Å². The second-order valence-corrected chi connectivity index (χ2v) is 6.70. The van der Waals surface area contributed by atoms with E-state index in [0.29, 0.717) is 0 Å². The van der Waals surface area contributed by atoms with Gasteiger partial charge in [-0.1, -0.05) is 30.3 Å². The zero-order chi connectivity index (χ0) is 17.5. The number of rotatable bonds is 6. The molecule has 24 heavy (non-hydrogen) atoms. The molecule has 1 unspecified atom stereocenters. The molecule has 1 aliphatic rings. The Hall–Kier alpha value is -1.84. The van der Waals surface area contributed by atoms with Crippen molar-refractivity contribution in [3.63, 3.8) is 0 Å². The summed E-state index contributed by atoms with van der Waals surface area (Å²) in [6.07, 6.45) is 3.27. The zero-order valence-electron chi connectivity index (χ0n) is 15.1. The number of nitrogens with one attached hydrogen (secondary N) is 1. The minimum Gasteiger partial charge on any atom is -0.349 e. The minimum absolute atomic E-state index is 0.0220. The monoisotopic (exact) mass is 330 g/mol. The van der Waals surface area contributed by atoms with E-state index in [-0.39, 0.29) is 29.7 Å². The molecule has 0 radical (unpaired) electrons. The van der Waals surface area contributed by atoms with E-state index in [0.717, 1.165) is 44.3 Å². The van der Waals surface area contributed by atoms with Gasteiger partial charge >= 0.3 is 0 Å². The van der Waals surface area contributed by atoms with Gasteiger partial charge in [0.25, 0.3) is 0 Å². The first-order valence-corrected chi connectivity index (χ1v) is 9.20. The van der Waals surface area contributed by atoms with Crippen molar-refractivity contribution in [2.24, 2.45) is 11.8 Å². The highest BCUT2D eigenvalue weighted by Crippen LogP contribution is 2.30. The first-order chi connectivity index (χ1) is 11.6. The maximum atomic E-state index is 12.5. The maximum absolute atomic E-state index is 12.5. The average molecular weight is 330 g/mol. The van der Waals surface area contributed by atoms with Crippen molar-refractivity contribution < 1.29 is 9.59 Å². The lowest BCUT2D eigenvalue weighted by atomic mass is 9.80. The van der Waals surface area contributed by atoms with E-state index in [1.54, 1.807) is 0 Å². The molecule has 0 aliphatic heterocycles. The summed E-state index contributed by atoms with van der Waals surface area (Å²) in [4.78, 5) is 26.8. The van der Waals surface area contributed by atoms with Gasteiger partial charge in [0.05, 0.1) is 6.04 Å². The molecule has 0 spiro atoms. The van der Waals surface area contributed by atoms with Crippen molar-refractivity contribution in [1.29, 1.82) is 0 Å². The minimum atomic E-state index is 0.0220. The summed E-state index contributed by atoms with van der Waals surface area (Å²) in [6.45, 7) is 7.59. The lowest BCUT2D eigenvalue weighted by Crippen LogP contribution is -2.40. The van der Waals surface area contributed by atoms with E-state index in [2.05, 4.69) is 5.32 Å². The number of benzene rings is 1. The zero-order valence-corrected chi connectivity index (χ0v) is 15.1. The standard InChI is InChI=1S/C20H30N2O2/c1-4-22(5-2)20(24)18-13-11-17(12-14-18)19(23)21-15(3)16-9-7-6-8-10-16/h6-10,15,17-18H,4-5,11-14H2,1-3H3,(H,21,23). The third-order valence-corrected chi connectivity index (χ3v) is 5.18. The van der Waals surface area contributed by atoms with E-state index in [9.17, 15) is 9.59 Å². The smallest absolute Gasteiger partial charge is 0.225 e. The molecule has 1 aromatic carbocycles. The Labute approximate surface area is 145 Å². The molecule has 132 valence electrons. The van der Waals surface area contributed by atoms with Gasteiger partial charge in [-0.2, -0.15) is 0 Å². The topological polar surface area (TPSA) is 49.4 Å². The number of nitrogens with zero attached hydrogens (tertiary/aromatic N) is 1. The van der Waals surface area contributed by atoms with Gasteiger partial charge < -0.3 is 10.2 Å². The predicted molar refractivity (Wildman–Crippen MR) is 96.4 cm³/mol. The number of carbonyl (C=O) groups is 2. The molecule has 0 aromatic heterocycles. The van der Waals surface area contributed by atoms with Crippen LogP contribution in [-0.4, -0.2) is 29.8 Å². The lowest BCUT2D eigenvalue weighted by molar-refractivity contribution is -0.138. The lowest BCUT2D eigenvalue weighted by Gasteiger charge is -2.31. The van der Waals surface area contributed by atoms with E-state index in [4.69, 9.17) is 0 Å². The summed E-state index contributed by atoms with van der Waals surface area (Å²) in [7, 11) is 0. The maximum Gasteiger partial charge on any atom is 0.225 e. The van der Waals surface area contributed by atoms with Crippen molar-refractivity contribution in [2.75, 3.05) is 13.1 Å². The largest absolute Gasteiger partial charge is 0.349 e. The van der Waals surface area contributed by atoms with Crippen LogP contribution < -0.4 is 5.32 Å². The van der Waals surface area contributed by atoms with Crippen LogP contribution in [0.2, 0.25) is 0 Å². The molecule has 1 aliphatic carbocycles. The Morgan fingerprint density at radius 2 is 1.58 bits per heavy atom. The molecule has 1 aromatic rings. The van der Waals surface area contributed by atoms with Crippen LogP contribution in [0, 0.1) is 11.8 Å². The quantitative estimate of drug-likeness (QED) is 0.867. The molecule has 0 heterocycles. The summed E-state index contributed by atoms with van der Waals surface area (Å²) >= 11 is 0. The summed E-state index contributed by atoms with van der Waals surface area (Å²) in [5.41, 5.74) is 1.12. The SMILES string of the molecule is CCN(CC)C(=O)C1CCC(C(=O)NC(C)c2ccccc2)CC1. The van der Waals surface area contributed by atoms with Crippen molar-refractivity contribution >= 4 is 11.8 Å². The number of hydrogen-bond acceptors (Lipinski definition) is 2. The second-order valence-electron chi connectivity index (χ2n) is 6.70. The molecule has 1 N–H and O–H groups in total. The van der Waals surface area contributed by atoms with Gasteiger partial charge in [0, 0.05) is 24.9 Å². The molecule has 1 fully saturated rings. The van der Waals surface area contributed by atoms with Gasteiger partial charge in [0.2, 0.25) is 11.8 Å². The molecule has 2 amide bonds. The van der Waals surface area contributed by atoms with Crippen LogP contribution in [0.4, 0.5) is 0 Å². The molecule has 1 saturated carbocycles. The first-order valence-electron chi connectivity index (χ1n) is 9.20. The van der Waals surface area contributed by atoms with Gasteiger partial charge in [-0.25, -0.2) is 0 Å². The molecule has 0 bridgehead atoms. The van der Waals surface area contributed by atoms with Crippen molar-refractivity contribution in [1.82, 2.24) is 10.2 Å². The summed E-state index contributed by atoms with van der Waals surface area (Å²) < 4.78 is 0. The van der Waals surface area contributed by atoms with Gasteiger partial charge in [-0.3, -0.25) is 9.59 Å². The fraction of sp³-hybridized carbons (Fsp3) is 0.600. The van der Waals surface area contributed by atoms with Crippen LogP contribution in [0.1, 0.15) is 58.1 Å². The van der Waals surface area contributed by atoms with Gasteiger partial charge in [0.1, 0.15) is 0 Å². The molecular weight excluding hydrogens is 300 g/mol.